The number of allylic oxidation sites excluding steroid dienone is 2. The monoisotopic (exact) mass is 652 g/mol. The van der Waals surface area contributed by atoms with Crippen molar-refractivity contribution in [2.75, 3.05) is 7.11 Å². The molecule has 3 heterocycles. The van der Waals surface area contributed by atoms with Crippen molar-refractivity contribution in [1.82, 2.24) is 19.3 Å². The van der Waals surface area contributed by atoms with E-state index >= 15 is 0 Å². The number of aryl methyl sites for hydroxylation is 2. The number of para-hydroxylation sites is 1. The minimum atomic E-state index is 0.407. The van der Waals surface area contributed by atoms with Crippen LogP contribution < -0.4 is 9.47 Å². The lowest BCUT2D eigenvalue weighted by molar-refractivity contribution is 0.389. The highest BCUT2D eigenvalue weighted by atomic mass is 16.5. The van der Waals surface area contributed by atoms with Gasteiger partial charge in [-0.1, -0.05) is 64.0 Å². The summed E-state index contributed by atoms with van der Waals surface area (Å²) < 4.78 is 16.7. The Kier molecular flexibility index (Phi) is 9.06. The second kappa shape index (κ2) is 13.6. The first-order chi connectivity index (χ1) is 23.8. The standard InChI is InChI=1S/C43H48N4O2/c1-8-10-14-39-43(42-29(5)20-27(3)21-30(42)6)37(9-2)45-47(39)31-22-28(4)23-34(24-31)49-33-16-17-36-35-13-11-12-15-38(35)46(40(36)25-33)41-26-32(48-7)18-19-44-41/h11-13,15-20,22-27,30,42H,8-10,14,21H2,1-7H3/t27?,30-,42+/m0/s1. The van der Waals surface area contributed by atoms with E-state index in [-0.39, 0.29) is 0 Å². The van der Waals surface area contributed by atoms with Crippen LogP contribution in [0, 0.1) is 18.8 Å². The predicted molar refractivity (Wildman–Crippen MR) is 201 cm³/mol. The second-order valence-corrected chi connectivity index (χ2v) is 13.9. The van der Waals surface area contributed by atoms with Crippen molar-refractivity contribution in [1.29, 1.82) is 0 Å². The van der Waals surface area contributed by atoms with Gasteiger partial charge >= 0.3 is 0 Å². The molecule has 252 valence electrons. The molecule has 6 heteroatoms. The summed E-state index contributed by atoms with van der Waals surface area (Å²) in [5.74, 6) is 4.73. The van der Waals surface area contributed by atoms with Gasteiger partial charge in [-0.05, 0) is 93.3 Å². The lowest BCUT2D eigenvalue weighted by Gasteiger charge is -2.33. The van der Waals surface area contributed by atoms with E-state index in [1.165, 1.54) is 34.3 Å². The number of pyridine rings is 1. The van der Waals surface area contributed by atoms with Crippen LogP contribution in [-0.2, 0) is 12.8 Å². The molecule has 6 nitrogen and oxygen atoms in total. The Bertz CT molecular complexity index is 2170. The molecule has 1 unspecified atom stereocenters. The fourth-order valence-electron chi connectivity index (χ4n) is 8.19. The van der Waals surface area contributed by atoms with Crippen LogP contribution in [0.3, 0.4) is 0 Å². The van der Waals surface area contributed by atoms with Gasteiger partial charge in [0.05, 0.1) is 29.5 Å². The molecule has 3 atom stereocenters. The SMILES string of the molecule is CCCCc1c([C@@H]2C(C)=CC(C)C[C@@H]2C)c(CC)nn1-c1cc(C)cc(Oc2ccc3c4ccccc4n(-c4cc(OC)ccn4)c3c2)c1. The summed E-state index contributed by atoms with van der Waals surface area (Å²) in [5, 5.41) is 7.65. The van der Waals surface area contributed by atoms with Crippen LogP contribution in [0.15, 0.2) is 90.6 Å². The molecule has 6 aromatic rings. The zero-order valence-corrected chi connectivity index (χ0v) is 30.0. The Balaban J connectivity index is 1.32. The number of ether oxygens (including phenoxy) is 2. The third-order valence-electron chi connectivity index (χ3n) is 10.2. The first-order valence-electron chi connectivity index (χ1n) is 17.9. The van der Waals surface area contributed by atoms with Crippen molar-refractivity contribution in [3.8, 4) is 28.8 Å². The maximum atomic E-state index is 6.70. The normalized spacial score (nSPS) is 17.9. The van der Waals surface area contributed by atoms with E-state index in [1.54, 1.807) is 13.3 Å². The maximum Gasteiger partial charge on any atom is 0.141 e. The van der Waals surface area contributed by atoms with Gasteiger partial charge in [-0.15, -0.1) is 0 Å². The Morgan fingerprint density at radius 1 is 0.857 bits per heavy atom. The minimum Gasteiger partial charge on any atom is -0.497 e. The molecule has 0 aliphatic heterocycles. The van der Waals surface area contributed by atoms with Gasteiger partial charge in [0.1, 0.15) is 23.1 Å². The third-order valence-corrected chi connectivity index (χ3v) is 10.2. The Morgan fingerprint density at radius 3 is 2.45 bits per heavy atom. The lowest BCUT2D eigenvalue weighted by atomic mass is 9.72. The number of fused-ring (bicyclic) bond motifs is 3. The van der Waals surface area contributed by atoms with Crippen LogP contribution in [0.25, 0.3) is 33.3 Å². The van der Waals surface area contributed by atoms with Gasteiger partial charge in [-0.2, -0.15) is 5.10 Å². The van der Waals surface area contributed by atoms with Gasteiger partial charge in [-0.3, -0.25) is 4.57 Å². The summed E-state index contributed by atoms with van der Waals surface area (Å²) in [5.41, 5.74) is 9.82. The fraction of sp³-hybridized carbons (Fsp3) is 0.349. The second-order valence-electron chi connectivity index (χ2n) is 13.9. The van der Waals surface area contributed by atoms with Crippen LogP contribution in [0.1, 0.15) is 82.3 Å². The highest BCUT2D eigenvalue weighted by Gasteiger charge is 2.33. The molecule has 0 amide bonds. The van der Waals surface area contributed by atoms with Crippen molar-refractivity contribution >= 4 is 21.8 Å². The van der Waals surface area contributed by atoms with Crippen molar-refractivity contribution in [3.05, 3.63) is 113 Å². The van der Waals surface area contributed by atoms with E-state index in [1.807, 2.05) is 12.1 Å². The topological polar surface area (TPSA) is 54.1 Å². The molecule has 0 bridgehead atoms. The molecule has 49 heavy (non-hydrogen) atoms. The van der Waals surface area contributed by atoms with E-state index in [0.29, 0.717) is 17.8 Å². The highest BCUT2D eigenvalue weighted by Crippen LogP contribution is 2.44. The molecule has 0 spiro atoms. The zero-order valence-electron chi connectivity index (χ0n) is 30.0. The average molecular weight is 653 g/mol. The summed E-state index contributed by atoms with van der Waals surface area (Å²) >= 11 is 0. The molecular formula is C43H48N4O2. The number of hydrogen-bond donors (Lipinski definition) is 0. The number of unbranched alkanes of at least 4 members (excludes halogenated alkanes) is 1. The Hall–Kier alpha value is -4.84. The number of hydrogen-bond acceptors (Lipinski definition) is 4. The zero-order chi connectivity index (χ0) is 34.2. The smallest absolute Gasteiger partial charge is 0.141 e. The molecule has 0 radical (unpaired) electrons. The quantitative estimate of drug-likeness (QED) is 0.138. The van der Waals surface area contributed by atoms with E-state index in [4.69, 9.17) is 19.6 Å². The van der Waals surface area contributed by atoms with Crippen LogP contribution in [0.5, 0.6) is 17.2 Å². The Morgan fingerprint density at radius 2 is 1.67 bits per heavy atom. The summed E-state index contributed by atoms with van der Waals surface area (Å²) in [6.07, 6.45) is 9.69. The van der Waals surface area contributed by atoms with Gasteiger partial charge in [0.2, 0.25) is 0 Å². The number of benzene rings is 3. The first kappa shape index (κ1) is 32.7. The molecule has 0 saturated heterocycles. The molecule has 0 N–H and O–H groups in total. The van der Waals surface area contributed by atoms with Crippen LogP contribution in [0.4, 0.5) is 0 Å². The van der Waals surface area contributed by atoms with Crippen molar-refractivity contribution in [2.24, 2.45) is 11.8 Å². The van der Waals surface area contributed by atoms with E-state index in [9.17, 15) is 0 Å². The third kappa shape index (κ3) is 6.14. The molecule has 3 aromatic heterocycles. The van der Waals surface area contributed by atoms with E-state index in [0.717, 1.165) is 76.4 Å². The minimum absolute atomic E-state index is 0.407. The molecule has 1 aliphatic rings. The molecule has 7 rings (SSSR count). The molecular weight excluding hydrogens is 604 g/mol. The fourth-order valence-corrected chi connectivity index (χ4v) is 8.19. The molecule has 0 fully saturated rings. The predicted octanol–water partition coefficient (Wildman–Crippen LogP) is 11.1. The summed E-state index contributed by atoms with van der Waals surface area (Å²) in [6, 6.07) is 25.1. The summed E-state index contributed by atoms with van der Waals surface area (Å²) in [4.78, 5) is 4.72. The molecule has 3 aromatic carbocycles. The number of nitrogens with zero attached hydrogens (tertiary/aromatic N) is 4. The maximum absolute atomic E-state index is 6.70. The van der Waals surface area contributed by atoms with Crippen molar-refractivity contribution in [2.45, 2.75) is 79.6 Å². The number of rotatable bonds is 10. The van der Waals surface area contributed by atoms with Crippen molar-refractivity contribution < 1.29 is 9.47 Å². The first-order valence-corrected chi connectivity index (χ1v) is 17.9. The average Bonchev–Trinajstić information content (AvgIpc) is 3.62. The van der Waals surface area contributed by atoms with Gasteiger partial charge in [0.15, 0.2) is 0 Å². The number of aromatic nitrogens is 4. The van der Waals surface area contributed by atoms with E-state index < -0.39 is 0 Å². The molecule has 0 saturated carbocycles. The van der Waals surface area contributed by atoms with Crippen LogP contribution in [-0.4, -0.2) is 26.4 Å². The highest BCUT2D eigenvalue weighted by molar-refractivity contribution is 6.09. The van der Waals surface area contributed by atoms with Crippen LogP contribution >= 0.6 is 0 Å². The summed E-state index contributed by atoms with van der Waals surface area (Å²) in [6.45, 7) is 13.8. The molecule has 1 aliphatic carbocycles. The lowest BCUT2D eigenvalue weighted by Crippen LogP contribution is -2.21. The van der Waals surface area contributed by atoms with E-state index in [2.05, 4.69) is 118 Å². The van der Waals surface area contributed by atoms with Crippen LogP contribution in [0.2, 0.25) is 0 Å². The van der Waals surface area contributed by atoms with Gasteiger partial charge < -0.3 is 9.47 Å². The van der Waals surface area contributed by atoms with Gasteiger partial charge in [0, 0.05) is 52.3 Å². The Labute approximate surface area is 290 Å². The summed E-state index contributed by atoms with van der Waals surface area (Å²) in [7, 11) is 1.68. The largest absolute Gasteiger partial charge is 0.497 e. The van der Waals surface area contributed by atoms with Crippen molar-refractivity contribution in [3.63, 3.8) is 0 Å². The van der Waals surface area contributed by atoms with Gasteiger partial charge in [-0.25, -0.2) is 9.67 Å². The number of methoxy groups -OCH3 is 1. The van der Waals surface area contributed by atoms with Gasteiger partial charge in [0.25, 0.3) is 0 Å².